The topological polar surface area (TPSA) is 24.5 Å². The van der Waals surface area contributed by atoms with Crippen LogP contribution >= 0.6 is 0 Å². The van der Waals surface area contributed by atoms with Gasteiger partial charge in [-0.25, -0.2) is 0 Å². The quantitative estimate of drug-likeness (QED) is 0.739. The Hall–Kier alpha value is -1.06. The molecule has 0 aromatic heterocycles. The summed E-state index contributed by atoms with van der Waals surface area (Å²) >= 11 is 0. The Balaban J connectivity index is 1.59. The van der Waals surface area contributed by atoms with Crippen LogP contribution in [0.5, 0.6) is 5.75 Å². The van der Waals surface area contributed by atoms with E-state index in [4.69, 9.17) is 4.74 Å². The zero-order valence-corrected chi connectivity index (χ0v) is 13.1. The lowest BCUT2D eigenvalue weighted by molar-refractivity contribution is 0.268. The maximum atomic E-state index is 5.53. The third-order valence-electron chi connectivity index (χ3n) is 4.08. The molecule has 112 valence electrons. The standard InChI is InChI=1S/C17H28N2O/c1-14(2)19(3)10-5-4-9-18-13-15-6-7-17-16(12-15)8-11-20-17/h6-7,12,14,18H,4-5,8-11,13H2,1-3H3. The molecule has 3 heteroatoms. The molecule has 0 atom stereocenters. The lowest BCUT2D eigenvalue weighted by Crippen LogP contribution is -2.27. The monoisotopic (exact) mass is 276 g/mol. The Kier molecular flexibility index (Phi) is 5.86. The zero-order valence-electron chi connectivity index (χ0n) is 13.1. The molecule has 0 saturated heterocycles. The SMILES string of the molecule is CC(C)N(C)CCCCNCc1ccc2c(c1)CCO2. The molecule has 1 aliphatic heterocycles. The second-order valence-corrected chi connectivity index (χ2v) is 6.00. The van der Waals surface area contributed by atoms with Crippen LogP contribution in [0.1, 0.15) is 37.8 Å². The molecule has 0 bridgehead atoms. The number of benzene rings is 1. The molecule has 0 radical (unpaired) electrons. The molecule has 2 rings (SSSR count). The summed E-state index contributed by atoms with van der Waals surface area (Å²) in [4.78, 5) is 2.40. The first-order valence-electron chi connectivity index (χ1n) is 7.82. The van der Waals surface area contributed by atoms with Gasteiger partial charge in [0.25, 0.3) is 0 Å². The minimum Gasteiger partial charge on any atom is -0.493 e. The summed E-state index contributed by atoms with van der Waals surface area (Å²) in [5, 5.41) is 3.54. The second-order valence-electron chi connectivity index (χ2n) is 6.00. The first kappa shape index (κ1) is 15.3. The number of hydrogen-bond donors (Lipinski definition) is 1. The lowest BCUT2D eigenvalue weighted by atomic mass is 10.1. The molecule has 1 N–H and O–H groups in total. The third-order valence-corrected chi connectivity index (χ3v) is 4.08. The van der Waals surface area contributed by atoms with Gasteiger partial charge in [-0.2, -0.15) is 0 Å². The highest BCUT2D eigenvalue weighted by molar-refractivity contribution is 5.39. The molecular weight excluding hydrogens is 248 g/mol. The van der Waals surface area contributed by atoms with Crippen LogP contribution in [0.2, 0.25) is 0 Å². The summed E-state index contributed by atoms with van der Waals surface area (Å²) in [6, 6.07) is 7.21. The molecule has 0 unspecified atom stereocenters. The highest BCUT2D eigenvalue weighted by Gasteiger charge is 2.11. The predicted octanol–water partition coefficient (Wildman–Crippen LogP) is 2.83. The van der Waals surface area contributed by atoms with Crippen LogP contribution in [-0.2, 0) is 13.0 Å². The van der Waals surface area contributed by atoms with Gasteiger partial charge in [-0.3, -0.25) is 0 Å². The van der Waals surface area contributed by atoms with E-state index in [1.54, 1.807) is 0 Å². The van der Waals surface area contributed by atoms with E-state index in [1.165, 1.54) is 30.5 Å². The number of fused-ring (bicyclic) bond motifs is 1. The van der Waals surface area contributed by atoms with Crippen molar-refractivity contribution in [1.29, 1.82) is 0 Å². The third kappa shape index (κ3) is 4.50. The van der Waals surface area contributed by atoms with Crippen molar-refractivity contribution in [2.75, 3.05) is 26.7 Å². The van der Waals surface area contributed by atoms with E-state index >= 15 is 0 Å². The van der Waals surface area contributed by atoms with E-state index in [2.05, 4.69) is 49.3 Å². The van der Waals surface area contributed by atoms with E-state index < -0.39 is 0 Å². The molecule has 0 aliphatic carbocycles. The molecule has 3 nitrogen and oxygen atoms in total. The molecule has 0 saturated carbocycles. The maximum Gasteiger partial charge on any atom is 0.122 e. The molecule has 0 amide bonds. The minimum absolute atomic E-state index is 0.650. The number of ether oxygens (including phenoxy) is 1. The van der Waals surface area contributed by atoms with Crippen molar-refractivity contribution in [2.24, 2.45) is 0 Å². The van der Waals surface area contributed by atoms with Crippen LogP contribution in [0.25, 0.3) is 0 Å². The first-order chi connectivity index (χ1) is 9.66. The summed E-state index contributed by atoms with van der Waals surface area (Å²) in [5.74, 6) is 1.07. The number of nitrogens with one attached hydrogen (secondary N) is 1. The summed E-state index contributed by atoms with van der Waals surface area (Å²) in [7, 11) is 2.20. The van der Waals surface area contributed by atoms with Gasteiger partial charge in [0.2, 0.25) is 0 Å². The van der Waals surface area contributed by atoms with E-state index in [0.717, 1.165) is 31.9 Å². The van der Waals surface area contributed by atoms with Crippen LogP contribution in [0.4, 0.5) is 0 Å². The first-order valence-corrected chi connectivity index (χ1v) is 7.82. The van der Waals surface area contributed by atoms with E-state index in [1.807, 2.05) is 0 Å². The summed E-state index contributed by atoms with van der Waals surface area (Å²) in [5.41, 5.74) is 2.73. The van der Waals surface area contributed by atoms with E-state index in [9.17, 15) is 0 Å². The van der Waals surface area contributed by atoms with Crippen LogP contribution in [0.3, 0.4) is 0 Å². The van der Waals surface area contributed by atoms with Gasteiger partial charge >= 0.3 is 0 Å². The zero-order chi connectivity index (χ0) is 14.4. The Morgan fingerprint density at radius 2 is 2.15 bits per heavy atom. The summed E-state index contributed by atoms with van der Waals surface area (Å²) in [6.45, 7) is 8.59. The van der Waals surface area contributed by atoms with Crippen LogP contribution in [0.15, 0.2) is 18.2 Å². The minimum atomic E-state index is 0.650. The fourth-order valence-corrected chi connectivity index (χ4v) is 2.45. The van der Waals surface area contributed by atoms with Crippen molar-refractivity contribution in [3.05, 3.63) is 29.3 Å². The van der Waals surface area contributed by atoms with Gasteiger partial charge in [0.15, 0.2) is 0 Å². The molecule has 20 heavy (non-hydrogen) atoms. The fraction of sp³-hybridized carbons (Fsp3) is 0.647. The van der Waals surface area contributed by atoms with Crippen molar-refractivity contribution < 1.29 is 4.74 Å². The van der Waals surface area contributed by atoms with Gasteiger partial charge < -0.3 is 15.0 Å². The molecule has 0 fully saturated rings. The van der Waals surface area contributed by atoms with Gasteiger partial charge in [-0.15, -0.1) is 0 Å². The number of unbranched alkanes of at least 4 members (excludes halogenated alkanes) is 1. The Labute approximate surface area is 123 Å². The highest BCUT2D eigenvalue weighted by atomic mass is 16.5. The van der Waals surface area contributed by atoms with Crippen LogP contribution in [-0.4, -0.2) is 37.7 Å². The molecule has 1 aromatic carbocycles. The predicted molar refractivity (Wildman–Crippen MR) is 84.3 cm³/mol. The fourth-order valence-electron chi connectivity index (χ4n) is 2.45. The second kappa shape index (κ2) is 7.65. The number of hydrogen-bond acceptors (Lipinski definition) is 3. The molecule has 1 aromatic rings. The summed E-state index contributed by atoms with van der Waals surface area (Å²) < 4.78 is 5.53. The Bertz CT molecular complexity index is 417. The van der Waals surface area contributed by atoms with Gasteiger partial charge in [-0.05, 0) is 64.0 Å². The van der Waals surface area contributed by atoms with Gasteiger partial charge in [-0.1, -0.05) is 12.1 Å². The molecule has 1 heterocycles. The van der Waals surface area contributed by atoms with Crippen LogP contribution < -0.4 is 10.1 Å². The largest absolute Gasteiger partial charge is 0.493 e. The molecule has 1 aliphatic rings. The molecular formula is C17H28N2O. The van der Waals surface area contributed by atoms with Crippen molar-refractivity contribution in [3.8, 4) is 5.75 Å². The van der Waals surface area contributed by atoms with Crippen molar-refractivity contribution in [1.82, 2.24) is 10.2 Å². The number of rotatable bonds is 8. The van der Waals surface area contributed by atoms with Gasteiger partial charge in [0.05, 0.1) is 6.61 Å². The smallest absolute Gasteiger partial charge is 0.122 e. The Morgan fingerprint density at radius 3 is 2.95 bits per heavy atom. The lowest BCUT2D eigenvalue weighted by Gasteiger charge is -2.20. The average Bonchev–Trinajstić information content (AvgIpc) is 2.89. The van der Waals surface area contributed by atoms with Gasteiger partial charge in [0.1, 0.15) is 5.75 Å². The maximum absolute atomic E-state index is 5.53. The Morgan fingerprint density at radius 1 is 1.30 bits per heavy atom. The summed E-state index contributed by atoms with van der Waals surface area (Å²) in [6.07, 6.45) is 3.57. The van der Waals surface area contributed by atoms with Crippen molar-refractivity contribution in [3.63, 3.8) is 0 Å². The van der Waals surface area contributed by atoms with Gasteiger partial charge in [0, 0.05) is 19.0 Å². The van der Waals surface area contributed by atoms with E-state index in [-0.39, 0.29) is 0 Å². The van der Waals surface area contributed by atoms with E-state index in [0.29, 0.717) is 6.04 Å². The van der Waals surface area contributed by atoms with Crippen molar-refractivity contribution in [2.45, 2.75) is 45.7 Å². The number of nitrogens with zero attached hydrogens (tertiary/aromatic N) is 1. The van der Waals surface area contributed by atoms with Crippen molar-refractivity contribution >= 4 is 0 Å². The molecule has 0 spiro atoms. The highest BCUT2D eigenvalue weighted by Crippen LogP contribution is 2.25. The normalized spacial score (nSPS) is 13.8. The average molecular weight is 276 g/mol. The van der Waals surface area contributed by atoms with Crippen LogP contribution in [0, 0.1) is 0 Å².